The van der Waals surface area contributed by atoms with Gasteiger partial charge in [0.1, 0.15) is 24.2 Å². The largest absolute Gasteiger partial charge is 0.390 e. The molecule has 0 aromatic carbocycles. The number of rotatable bonds is 5. The van der Waals surface area contributed by atoms with Crippen molar-refractivity contribution in [2.75, 3.05) is 5.06 Å². The number of ether oxygens (including phenoxy) is 2. The van der Waals surface area contributed by atoms with E-state index in [-0.39, 0.29) is 17.9 Å². The van der Waals surface area contributed by atoms with Crippen molar-refractivity contribution < 1.29 is 34.4 Å². The van der Waals surface area contributed by atoms with Crippen molar-refractivity contribution in [2.45, 2.75) is 68.4 Å². The Morgan fingerprint density at radius 3 is 2.87 bits per heavy atom. The van der Waals surface area contributed by atoms with E-state index in [1.54, 1.807) is 6.92 Å². The van der Waals surface area contributed by atoms with Crippen molar-refractivity contribution >= 4 is 30.2 Å². The first-order chi connectivity index (χ1) is 14.1. The Morgan fingerprint density at radius 1 is 1.47 bits per heavy atom. The highest BCUT2D eigenvalue weighted by Crippen LogP contribution is 2.49. The second-order valence-corrected chi connectivity index (χ2v) is 8.17. The lowest BCUT2D eigenvalue weighted by atomic mass is 10.0. The zero-order valence-electron chi connectivity index (χ0n) is 16.4. The summed E-state index contributed by atoms with van der Waals surface area (Å²) in [6, 6.07) is 0. The zero-order chi connectivity index (χ0) is 21.9. The predicted octanol–water partition coefficient (Wildman–Crippen LogP) is -1.25. The third-order valence-electron chi connectivity index (χ3n) is 5.08. The number of hydrogen-bond acceptors (Lipinski definition) is 11. The van der Waals surface area contributed by atoms with Gasteiger partial charge in [-0.05, 0) is 20.3 Å². The summed E-state index contributed by atoms with van der Waals surface area (Å²) >= 11 is 6.50. The molecular formula is C16H23ClN6O7. The summed E-state index contributed by atoms with van der Waals surface area (Å²) in [7, 11) is 0. The molecule has 2 unspecified atom stereocenters. The van der Waals surface area contributed by atoms with Gasteiger partial charge in [-0.2, -0.15) is 10.5 Å². The number of anilines is 1. The molecule has 1 aromatic rings. The molecule has 1 aromatic heterocycles. The summed E-state index contributed by atoms with van der Waals surface area (Å²) in [6.07, 6.45) is -1.93. The molecule has 0 bridgehead atoms. The fourth-order valence-corrected chi connectivity index (χ4v) is 4.00. The van der Waals surface area contributed by atoms with Crippen LogP contribution in [0, 0.1) is 0 Å². The first-order valence-electron chi connectivity index (χ1n) is 9.26. The number of halogens is 1. The van der Waals surface area contributed by atoms with Crippen LogP contribution < -0.4 is 15.9 Å². The molecule has 14 heteroatoms. The Balaban J connectivity index is 1.85. The van der Waals surface area contributed by atoms with Crippen LogP contribution in [-0.4, -0.2) is 67.5 Å². The molecule has 0 spiro atoms. The van der Waals surface area contributed by atoms with Gasteiger partial charge in [0.05, 0.1) is 12.4 Å². The molecule has 166 valence electrons. The number of aliphatic hydroxyl groups is 3. The van der Waals surface area contributed by atoms with Crippen LogP contribution in [0.5, 0.6) is 0 Å². The number of hydroxylamine groups is 1. The summed E-state index contributed by atoms with van der Waals surface area (Å²) in [5.74, 6) is -3.55. The molecule has 3 aliphatic heterocycles. The Hall–Kier alpha value is -1.84. The zero-order valence-corrected chi connectivity index (χ0v) is 17.1. The maximum absolute atomic E-state index is 11.3. The summed E-state index contributed by atoms with van der Waals surface area (Å²) < 4.78 is 13.0. The number of aliphatic hydroxyl groups excluding tert-OH is 2. The van der Waals surface area contributed by atoms with Crippen LogP contribution in [0.4, 0.5) is 5.82 Å². The highest BCUT2D eigenvalue weighted by Gasteiger charge is 2.63. The predicted molar refractivity (Wildman–Crippen MR) is 100 cm³/mol. The van der Waals surface area contributed by atoms with Gasteiger partial charge in [-0.1, -0.05) is 18.5 Å². The van der Waals surface area contributed by atoms with Crippen LogP contribution in [-0.2, 0) is 24.2 Å². The van der Waals surface area contributed by atoms with Crippen molar-refractivity contribution in [1.29, 1.82) is 0 Å². The summed E-state index contributed by atoms with van der Waals surface area (Å²) in [6.45, 7) is 4.75. The molecular weight excluding hydrogens is 424 g/mol. The molecule has 0 radical (unpaired) electrons. The van der Waals surface area contributed by atoms with E-state index in [0.717, 1.165) is 0 Å². The molecule has 6 atom stereocenters. The average Bonchev–Trinajstić information content (AvgIpc) is 3.22. The smallest absolute Gasteiger partial charge is 0.251 e. The number of hydrogen-bond donors (Lipinski definition) is 5. The van der Waals surface area contributed by atoms with Crippen LogP contribution in [0.3, 0.4) is 0 Å². The van der Waals surface area contributed by atoms with Crippen LogP contribution in [0.1, 0.15) is 39.1 Å². The van der Waals surface area contributed by atoms with Gasteiger partial charge in [0.25, 0.3) is 5.12 Å². The van der Waals surface area contributed by atoms with Crippen molar-refractivity contribution in [2.24, 2.45) is 4.99 Å². The van der Waals surface area contributed by atoms with E-state index in [4.69, 9.17) is 25.9 Å². The highest BCUT2D eigenvalue weighted by molar-refractivity contribution is 6.24. The Morgan fingerprint density at radius 2 is 2.20 bits per heavy atom. The second kappa shape index (κ2) is 7.10. The lowest BCUT2D eigenvalue weighted by Crippen LogP contribution is -2.58. The molecule has 0 saturated carbocycles. The molecule has 1 fully saturated rings. The van der Waals surface area contributed by atoms with Gasteiger partial charge in [0.15, 0.2) is 17.8 Å². The van der Waals surface area contributed by atoms with E-state index in [9.17, 15) is 20.1 Å². The molecule has 4 heterocycles. The maximum atomic E-state index is 11.3. The molecule has 4 rings (SSSR count). The van der Waals surface area contributed by atoms with Crippen LogP contribution in [0.15, 0.2) is 11.3 Å². The number of carbonyl (C=O) groups excluding carboxylic acids is 1. The summed E-state index contributed by atoms with van der Waals surface area (Å²) in [5.41, 5.74) is 4.88. The normalized spacial score (nSPS) is 37.7. The van der Waals surface area contributed by atoms with Crippen LogP contribution in [0.25, 0.3) is 0 Å². The fourth-order valence-electron chi connectivity index (χ4n) is 3.77. The summed E-state index contributed by atoms with van der Waals surface area (Å²) in [4.78, 5) is 24.9. The van der Waals surface area contributed by atoms with Gasteiger partial charge in [-0.3, -0.25) is 14.8 Å². The van der Waals surface area contributed by atoms with Gasteiger partial charge in [0.2, 0.25) is 12.2 Å². The Bertz CT molecular complexity index is 867. The van der Waals surface area contributed by atoms with E-state index >= 15 is 0 Å². The van der Waals surface area contributed by atoms with Gasteiger partial charge in [0, 0.05) is 0 Å². The monoisotopic (exact) mass is 446 g/mol. The third kappa shape index (κ3) is 3.09. The lowest BCUT2D eigenvalue weighted by Gasteiger charge is -2.44. The first kappa shape index (κ1) is 21.4. The van der Waals surface area contributed by atoms with E-state index in [0.29, 0.717) is 6.41 Å². The molecule has 1 saturated heterocycles. The second-order valence-electron chi connectivity index (χ2n) is 7.62. The quantitative estimate of drug-likeness (QED) is 0.160. The highest BCUT2D eigenvalue weighted by atomic mass is 35.5. The van der Waals surface area contributed by atoms with E-state index in [1.165, 1.54) is 36.1 Å². The number of aliphatic imine (C=N–C) groups is 1. The molecule has 13 nitrogen and oxygen atoms in total. The van der Waals surface area contributed by atoms with E-state index in [2.05, 4.69) is 20.8 Å². The number of carbonyl (C=O) groups is 1. The van der Waals surface area contributed by atoms with Crippen LogP contribution >= 0.6 is 11.6 Å². The number of amides is 1. The minimum absolute atomic E-state index is 0.124. The van der Waals surface area contributed by atoms with E-state index < -0.39 is 41.2 Å². The SMILES string of the molecule is CCC(O)[C@H]1O[C@H]2n3cnc4c3N(C=NC4(Cl)NNC=O)OC(C)(C)O[C@@]2(O)[C@@H]1O. The number of hydrazine groups is 1. The number of alkyl halides is 1. The third-order valence-corrected chi connectivity index (χ3v) is 5.45. The van der Waals surface area contributed by atoms with Crippen LogP contribution in [0.2, 0.25) is 0 Å². The van der Waals surface area contributed by atoms with Crippen molar-refractivity contribution in [3.63, 3.8) is 0 Å². The number of nitrogens with one attached hydrogen (secondary N) is 2. The topological polar surface area (TPSA) is 163 Å². The number of nitrogens with zero attached hydrogens (tertiary/aromatic N) is 4. The van der Waals surface area contributed by atoms with Crippen molar-refractivity contribution in [3.8, 4) is 0 Å². The molecule has 5 N–H and O–H groups in total. The fraction of sp³-hybridized carbons (Fsp3) is 0.688. The van der Waals surface area contributed by atoms with E-state index in [1.807, 2.05) is 0 Å². The molecule has 0 aliphatic carbocycles. The van der Waals surface area contributed by atoms with Crippen molar-refractivity contribution in [1.82, 2.24) is 20.4 Å². The Kier molecular flexibility index (Phi) is 5.06. The maximum Gasteiger partial charge on any atom is 0.251 e. The number of aromatic nitrogens is 2. The van der Waals surface area contributed by atoms with Crippen molar-refractivity contribution in [3.05, 3.63) is 12.0 Å². The molecule has 1 amide bonds. The Labute approximate surface area is 176 Å². The average molecular weight is 447 g/mol. The van der Waals surface area contributed by atoms with Gasteiger partial charge in [-0.25, -0.2) is 14.8 Å². The minimum Gasteiger partial charge on any atom is -0.390 e. The number of imidazole rings is 1. The first-order valence-corrected chi connectivity index (χ1v) is 9.64. The van der Waals surface area contributed by atoms with Gasteiger partial charge < -0.3 is 24.8 Å². The van der Waals surface area contributed by atoms with Gasteiger partial charge in [-0.15, -0.1) is 0 Å². The number of fused-ring (bicyclic) bond motifs is 2. The van der Waals surface area contributed by atoms with Gasteiger partial charge >= 0.3 is 0 Å². The minimum atomic E-state index is -2.29. The lowest BCUT2D eigenvalue weighted by molar-refractivity contribution is -0.375. The molecule has 30 heavy (non-hydrogen) atoms. The summed E-state index contributed by atoms with van der Waals surface area (Å²) in [5, 5.41) is 32.0. The standard InChI is InChI=1S/C16H23ClN6O7/c1-4-8(25)9-11(26)15(27)13(28-9)22-5-18-10-12(22)23(30-14(2,3)29-15)6-19-16(10,17)21-20-7-24/h5-9,11,13,21,25-27H,4H2,1-3H3,(H,20,24)/t8?,9-,11-,13-,15+,16?/m1/s1. The molecule has 3 aliphatic rings.